The lowest BCUT2D eigenvalue weighted by molar-refractivity contribution is -0.142. The summed E-state index contributed by atoms with van der Waals surface area (Å²) in [6.07, 6.45) is 0. The highest BCUT2D eigenvalue weighted by Gasteiger charge is 2.19. The van der Waals surface area contributed by atoms with Crippen molar-refractivity contribution in [3.05, 3.63) is 45.2 Å². The standard InChI is InChI=1S/C16H17ClN4O4S/c1-3-25-15(24)8(2)26-16-20-12(18)11(14(23)21-16)19-13(22)9-4-6-10(17)7-5-9/h4-8H,3H2,1-2H3,(H,19,22)(H3,18,20,21,23)/t8-/m0/s1. The zero-order valence-electron chi connectivity index (χ0n) is 14.0. The molecule has 0 aliphatic heterocycles. The Morgan fingerprint density at radius 3 is 2.62 bits per heavy atom. The number of H-pyrrole nitrogens is 1. The molecule has 0 aliphatic carbocycles. The largest absolute Gasteiger partial charge is 0.465 e. The van der Waals surface area contributed by atoms with Crippen molar-refractivity contribution in [3.8, 4) is 0 Å². The number of thioether (sulfide) groups is 1. The van der Waals surface area contributed by atoms with Crippen molar-refractivity contribution >= 4 is 46.7 Å². The second-order valence-corrected chi connectivity index (χ2v) is 6.87. The molecule has 1 aromatic carbocycles. The number of halogens is 1. The van der Waals surface area contributed by atoms with E-state index in [1.165, 1.54) is 12.1 Å². The number of nitrogens with two attached hydrogens (primary N) is 1. The van der Waals surface area contributed by atoms with Gasteiger partial charge in [-0.2, -0.15) is 0 Å². The van der Waals surface area contributed by atoms with Crippen LogP contribution in [0.3, 0.4) is 0 Å². The molecule has 138 valence electrons. The molecule has 4 N–H and O–H groups in total. The van der Waals surface area contributed by atoms with Crippen LogP contribution in [0.2, 0.25) is 5.02 Å². The van der Waals surface area contributed by atoms with Gasteiger partial charge in [0, 0.05) is 10.6 Å². The van der Waals surface area contributed by atoms with Gasteiger partial charge in [0.1, 0.15) is 10.9 Å². The smallest absolute Gasteiger partial charge is 0.319 e. The maximum atomic E-state index is 12.2. The first-order valence-corrected chi connectivity index (χ1v) is 8.87. The molecule has 0 radical (unpaired) electrons. The Hall–Kier alpha value is -2.52. The molecule has 26 heavy (non-hydrogen) atoms. The molecule has 2 aromatic rings. The Morgan fingerprint density at radius 1 is 1.38 bits per heavy atom. The summed E-state index contributed by atoms with van der Waals surface area (Å²) in [6.45, 7) is 3.58. The van der Waals surface area contributed by atoms with E-state index in [9.17, 15) is 14.4 Å². The third-order valence-electron chi connectivity index (χ3n) is 3.18. The quantitative estimate of drug-likeness (QED) is 0.388. The number of nitrogen functional groups attached to an aromatic ring is 1. The van der Waals surface area contributed by atoms with Crippen molar-refractivity contribution in [1.82, 2.24) is 9.97 Å². The number of carbonyl (C=O) groups is 2. The van der Waals surface area contributed by atoms with Gasteiger partial charge >= 0.3 is 5.97 Å². The van der Waals surface area contributed by atoms with Crippen LogP contribution in [-0.4, -0.2) is 33.7 Å². The van der Waals surface area contributed by atoms with Gasteiger partial charge < -0.3 is 15.8 Å². The van der Waals surface area contributed by atoms with Crippen molar-refractivity contribution in [1.29, 1.82) is 0 Å². The molecule has 1 atom stereocenters. The number of benzene rings is 1. The molecule has 0 unspecified atom stereocenters. The molecule has 0 bridgehead atoms. The average molecular weight is 397 g/mol. The molecule has 8 nitrogen and oxygen atoms in total. The minimum atomic E-state index is -0.627. The molecule has 0 saturated carbocycles. The van der Waals surface area contributed by atoms with Gasteiger partial charge in [0.25, 0.3) is 11.5 Å². The molecule has 0 aliphatic rings. The van der Waals surface area contributed by atoms with Crippen molar-refractivity contribution in [3.63, 3.8) is 0 Å². The number of nitrogens with zero attached hydrogens (tertiary/aromatic N) is 1. The Bertz CT molecular complexity index is 870. The van der Waals surface area contributed by atoms with E-state index >= 15 is 0 Å². The van der Waals surface area contributed by atoms with E-state index in [0.29, 0.717) is 10.6 Å². The van der Waals surface area contributed by atoms with Gasteiger partial charge in [0.2, 0.25) is 0 Å². The van der Waals surface area contributed by atoms with Crippen LogP contribution in [0.1, 0.15) is 24.2 Å². The first-order chi connectivity index (χ1) is 12.3. The molecule has 0 fully saturated rings. The summed E-state index contributed by atoms with van der Waals surface area (Å²) in [5.41, 5.74) is 5.30. The third kappa shape index (κ3) is 4.99. The summed E-state index contributed by atoms with van der Waals surface area (Å²) >= 11 is 6.77. The van der Waals surface area contributed by atoms with Gasteiger partial charge in [-0.05, 0) is 38.1 Å². The fourth-order valence-electron chi connectivity index (χ4n) is 1.91. The monoisotopic (exact) mass is 396 g/mol. The number of rotatable bonds is 6. The van der Waals surface area contributed by atoms with Crippen molar-refractivity contribution in [2.45, 2.75) is 24.3 Å². The summed E-state index contributed by atoms with van der Waals surface area (Å²) in [7, 11) is 0. The maximum Gasteiger partial charge on any atom is 0.319 e. The average Bonchev–Trinajstić information content (AvgIpc) is 2.58. The van der Waals surface area contributed by atoms with Gasteiger partial charge in [-0.25, -0.2) is 4.98 Å². The molecule has 1 amide bonds. The number of hydrogen-bond acceptors (Lipinski definition) is 7. The van der Waals surface area contributed by atoms with Crippen molar-refractivity contribution < 1.29 is 14.3 Å². The highest BCUT2D eigenvalue weighted by Crippen LogP contribution is 2.22. The molecular weight excluding hydrogens is 380 g/mol. The minimum Gasteiger partial charge on any atom is -0.465 e. The van der Waals surface area contributed by atoms with E-state index in [-0.39, 0.29) is 23.3 Å². The topological polar surface area (TPSA) is 127 Å². The highest BCUT2D eigenvalue weighted by molar-refractivity contribution is 8.00. The summed E-state index contributed by atoms with van der Waals surface area (Å²) in [5.74, 6) is -1.12. The van der Waals surface area contributed by atoms with E-state index in [2.05, 4.69) is 15.3 Å². The van der Waals surface area contributed by atoms with Crippen molar-refractivity contribution in [2.75, 3.05) is 17.7 Å². The van der Waals surface area contributed by atoms with Crippen LogP contribution in [0.25, 0.3) is 0 Å². The maximum absolute atomic E-state index is 12.2. The summed E-state index contributed by atoms with van der Waals surface area (Å²) in [4.78, 5) is 42.6. The first kappa shape index (κ1) is 19.8. The highest BCUT2D eigenvalue weighted by atomic mass is 35.5. The predicted molar refractivity (Wildman–Crippen MR) is 101 cm³/mol. The molecule has 10 heteroatoms. The third-order valence-corrected chi connectivity index (χ3v) is 4.39. The number of esters is 1. The van der Waals surface area contributed by atoms with E-state index in [0.717, 1.165) is 11.8 Å². The van der Waals surface area contributed by atoms with Gasteiger partial charge in [0.05, 0.1) is 6.61 Å². The second-order valence-electron chi connectivity index (χ2n) is 5.10. The number of ether oxygens (including phenoxy) is 1. The Balaban J connectivity index is 2.16. The van der Waals surface area contributed by atoms with E-state index < -0.39 is 22.7 Å². The van der Waals surface area contributed by atoms with Gasteiger partial charge in [-0.3, -0.25) is 19.4 Å². The summed E-state index contributed by atoms with van der Waals surface area (Å²) in [6, 6.07) is 6.14. The number of nitrogens with one attached hydrogen (secondary N) is 2. The molecule has 1 heterocycles. The van der Waals surface area contributed by atoms with E-state index in [1.54, 1.807) is 26.0 Å². The van der Waals surface area contributed by atoms with E-state index in [1.807, 2.05) is 0 Å². The van der Waals surface area contributed by atoms with Crippen LogP contribution in [0.4, 0.5) is 11.5 Å². The Kier molecular flexibility index (Phi) is 6.64. The fourth-order valence-corrected chi connectivity index (χ4v) is 2.84. The minimum absolute atomic E-state index is 0.151. The fraction of sp³-hybridized carbons (Fsp3) is 0.250. The lowest BCUT2D eigenvalue weighted by atomic mass is 10.2. The normalized spacial score (nSPS) is 11.7. The lowest BCUT2D eigenvalue weighted by Gasteiger charge is -2.11. The van der Waals surface area contributed by atoms with Gasteiger partial charge in [0.15, 0.2) is 11.0 Å². The molecule has 1 aromatic heterocycles. The number of carbonyl (C=O) groups excluding carboxylic acids is 2. The summed E-state index contributed by atoms with van der Waals surface area (Å²) in [5, 5.41) is 2.48. The van der Waals surface area contributed by atoms with E-state index in [4.69, 9.17) is 22.1 Å². The Morgan fingerprint density at radius 2 is 2.04 bits per heavy atom. The van der Waals surface area contributed by atoms with Gasteiger partial charge in [-0.15, -0.1) is 0 Å². The number of hydrogen-bond donors (Lipinski definition) is 3. The SMILES string of the molecule is CCOC(=O)[C@H](C)Sc1nc(N)c(NC(=O)c2ccc(Cl)cc2)c(=O)[nH]1. The summed E-state index contributed by atoms with van der Waals surface area (Å²) < 4.78 is 4.89. The number of amides is 1. The zero-order chi connectivity index (χ0) is 19.3. The van der Waals surface area contributed by atoms with Crippen LogP contribution < -0.4 is 16.6 Å². The zero-order valence-corrected chi connectivity index (χ0v) is 15.6. The number of aromatic amines is 1. The van der Waals surface area contributed by atoms with Crippen LogP contribution in [-0.2, 0) is 9.53 Å². The molecule has 0 spiro atoms. The van der Waals surface area contributed by atoms with Gasteiger partial charge in [-0.1, -0.05) is 23.4 Å². The Labute approximate surface area is 158 Å². The molecule has 2 rings (SSSR count). The van der Waals surface area contributed by atoms with Crippen molar-refractivity contribution in [2.24, 2.45) is 0 Å². The van der Waals surface area contributed by atoms with Crippen LogP contribution in [0, 0.1) is 0 Å². The number of aromatic nitrogens is 2. The molecule has 0 saturated heterocycles. The second kappa shape index (κ2) is 8.72. The van der Waals surface area contributed by atoms with Crippen LogP contribution in [0.15, 0.2) is 34.2 Å². The predicted octanol–water partition coefficient (Wildman–Crippen LogP) is 2.30. The lowest BCUT2D eigenvalue weighted by Crippen LogP contribution is -2.24. The van der Waals surface area contributed by atoms with Crippen LogP contribution >= 0.6 is 23.4 Å². The first-order valence-electron chi connectivity index (χ1n) is 7.61. The van der Waals surface area contributed by atoms with Crippen LogP contribution in [0.5, 0.6) is 0 Å². The molecular formula is C16H17ClN4O4S. The number of anilines is 2.